The molecule has 2 atom stereocenters. The molecule has 58 valence electrons. The zero-order chi connectivity index (χ0) is 7.72. The molecule has 0 aromatic rings. The van der Waals surface area contributed by atoms with Crippen LogP contribution in [0, 0.1) is 5.92 Å². The van der Waals surface area contributed by atoms with E-state index in [-0.39, 0.29) is 6.04 Å². The Balaban J connectivity index is 2.69. The summed E-state index contributed by atoms with van der Waals surface area (Å²) in [7, 11) is 0. The largest absolute Gasteiger partial charge is 0.289 e. The van der Waals surface area contributed by atoms with Crippen molar-refractivity contribution >= 4 is 0 Å². The van der Waals surface area contributed by atoms with Gasteiger partial charge in [-0.3, -0.25) is 10.3 Å². The third-order valence-corrected chi connectivity index (χ3v) is 2.24. The van der Waals surface area contributed by atoms with Crippen LogP contribution in [-0.2, 0) is 0 Å². The molecule has 0 saturated carbocycles. The minimum Gasteiger partial charge on any atom is -0.289 e. The first kappa shape index (κ1) is 7.61. The normalized spacial score (nSPS) is 34.0. The zero-order valence-electron chi connectivity index (χ0n) is 6.83. The fourth-order valence-electron chi connectivity index (χ4n) is 1.34. The third-order valence-electron chi connectivity index (χ3n) is 2.24. The van der Waals surface area contributed by atoms with Crippen LogP contribution in [0.3, 0.4) is 0 Å². The number of hydrogen-bond acceptors (Lipinski definition) is 2. The van der Waals surface area contributed by atoms with Gasteiger partial charge in [-0.15, -0.1) is 0 Å². The highest BCUT2D eigenvalue weighted by Crippen LogP contribution is 2.23. The highest BCUT2D eigenvalue weighted by Gasteiger charge is 2.21. The minimum atomic E-state index is 0.267. The summed E-state index contributed by atoms with van der Waals surface area (Å²) < 4.78 is 0. The second kappa shape index (κ2) is 2.62. The predicted octanol–water partition coefficient (Wildman–Crippen LogP) is 2.01. The van der Waals surface area contributed by atoms with E-state index in [1.165, 1.54) is 10.6 Å². The van der Waals surface area contributed by atoms with Gasteiger partial charge in [0.25, 0.3) is 0 Å². The average Bonchev–Trinajstić information content (AvgIpc) is 1.82. The molecule has 0 bridgehead atoms. The van der Waals surface area contributed by atoms with Gasteiger partial charge in [0.2, 0.25) is 0 Å². The molecule has 0 amide bonds. The molecule has 2 heteroatoms. The van der Waals surface area contributed by atoms with Crippen molar-refractivity contribution in [3.63, 3.8) is 0 Å². The van der Waals surface area contributed by atoms with Crippen LogP contribution in [0.15, 0.2) is 11.8 Å². The van der Waals surface area contributed by atoms with E-state index in [4.69, 9.17) is 0 Å². The van der Waals surface area contributed by atoms with Crippen molar-refractivity contribution in [2.24, 2.45) is 5.92 Å². The molecule has 0 radical (unpaired) electrons. The third kappa shape index (κ3) is 1.32. The molecule has 0 aromatic carbocycles. The molecular formula is C8H15NO. The summed E-state index contributed by atoms with van der Waals surface area (Å²) in [4.78, 5) is 0. The van der Waals surface area contributed by atoms with E-state index in [0.29, 0.717) is 5.92 Å². The highest BCUT2D eigenvalue weighted by molar-refractivity contribution is 5.03. The molecule has 1 N–H and O–H groups in total. The fraction of sp³-hybridized carbons (Fsp3) is 0.750. The van der Waals surface area contributed by atoms with Crippen molar-refractivity contribution < 1.29 is 5.21 Å². The standard InChI is InChI=1S/C8H15NO/c1-6-4-7(2)8(3)9(10)5-6/h5,7-8,10H,4H2,1-3H3. The van der Waals surface area contributed by atoms with Gasteiger partial charge in [0.05, 0.1) is 6.04 Å². The van der Waals surface area contributed by atoms with Gasteiger partial charge in [0.15, 0.2) is 0 Å². The van der Waals surface area contributed by atoms with Crippen LogP contribution in [0.5, 0.6) is 0 Å². The van der Waals surface area contributed by atoms with Gasteiger partial charge in [0.1, 0.15) is 0 Å². The molecule has 1 heterocycles. The van der Waals surface area contributed by atoms with Crippen LogP contribution in [0.2, 0.25) is 0 Å². The van der Waals surface area contributed by atoms with Gasteiger partial charge in [-0.1, -0.05) is 12.5 Å². The van der Waals surface area contributed by atoms with Crippen molar-refractivity contribution in [1.82, 2.24) is 5.06 Å². The maximum Gasteiger partial charge on any atom is 0.0556 e. The van der Waals surface area contributed by atoms with Gasteiger partial charge in [-0.05, 0) is 26.2 Å². The van der Waals surface area contributed by atoms with E-state index in [1.807, 2.05) is 20.0 Å². The fourth-order valence-corrected chi connectivity index (χ4v) is 1.34. The maximum absolute atomic E-state index is 9.28. The summed E-state index contributed by atoms with van der Waals surface area (Å²) in [6, 6.07) is 0.267. The van der Waals surface area contributed by atoms with Crippen LogP contribution >= 0.6 is 0 Å². The molecule has 0 aromatic heterocycles. The molecule has 0 aliphatic carbocycles. The maximum atomic E-state index is 9.28. The smallest absolute Gasteiger partial charge is 0.0556 e. The predicted molar refractivity (Wildman–Crippen MR) is 40.6 cm³/mol. The van der Waals surface area contributed by atoms with Crippen LogP contribution in [0.1, 0.15) is 27.2 Å². The number of rotatable bonds is 0. The Kier molecular flexibility index (Phi) is 2.00. The highest BCUT2D eigenvalue weighted by atomic mass is 16.5. The van der Waals surface area contributed by atoms with E-state index in [0.717, 1.165) is 6.42 Å². The van der Waals surface area contributed by atoms with Gasteiger partial charge in [-0.25, -0.2) is 0 Å². The lowest BCUT2D eigenvalue weighted by atomic mass is 9.93. The van der Waals surface area contributed by atoms with E-state index in [1.54, 1.807) is 0 Å². The van der Waals surface area contributed by atoms with Crippen molar-refractivity contribution in [3.8, 4) is 0 Å². The monoisotopic (exact) mass is 141 g/mol. The second-order valence-electron chi connectivity index (χ2n) is 3.28. The lowest BCUT2D eigenvalue weighted by Crippen LogP contribution is -2.34. The lowest BCUT2D eigenvalue weighted by molar-refractivity contribution is -0.0954. The van der Waals surface area contributed by atoms with Crippen molar-refractivity contribution in [3.05, 3.63) is 11.8 Å². The number of nitrogens with zero attached hydrogens (tertiary/aromatic N) is 1. The van der Waals surface area contributed by atoms with E-state index in [9.17, 15) is 5.21 Å². The summed E-state index contributed by atoms with van der Waals surface area (Å²) in [5.74, 6) is 0.565. The molecule has 0 spiro atoms. The summed E-state index contributed by atoms with van der Waals surface area (Å²) in [5.41, 5.74) is 1.26. The van der Waals surface area contributed by atoms with Gasteiger partial charge in [-0.2, -0.15) is 0 Å². The van der Waals surface area contributed by atoms with Crippen molar-refractivity contribution in [2.75, 3.05) is 0 Å². The lowest BCUT2D eigenvalue weighted by Gasteiger charge is -2.31. The number of allylic oxidation sites excluding steroid dienone is 1. The minimum absolute atomic E-state index is 0.267. The zero-order valence-corrected chi connectivity index (χ0v) is 6.83. The number of hydrogen-bond donors (Lipinski definition) is 1. The molecule has 1 aliphatic rings. The SMILES string of the molecule is CC1=CN(O)C(C)C(C)C1. The Hall–Kier alpha value is -0.500. The first-order chi connectivity index (χ1) is 4.61. The van der Waals surface area contributed by atoms with Gasteiger partial charge >= 0.3 is 0 Å². The van der Waals surface area contributed by atoms with E-state index < -0.39 is 0 Å². The van der Waals surface area contributed by atoms with Gasteiger partial charge < -0.3 is 0 Å². The molecular weight excluding hydrogens is 126 g/mol. The Labute approximate surface area is 62.1 Å². The molecule has 1 aliphatic heterocycles. The first-order valence-electron chi connectivity index (χ1n) is 3.75. The molecule has 0 fully saturated rings. The summed E-state index contributed by atoms with van der Waals surface area (Å²) in [6.45, 7) is 6.24. The van der Waals surface area contributed by atoms with Crippen LogP contribution in [-0.4, -0.2) is 16.3 Å². The molecule has 2 nitrogen and oxygen atoms in total. The molecule has 10 heavy (non-hydrogen) atoms. The Bertz CT molecular complexity index is 153. The van der Waals surface area contributed by atoms with Crippen LogP contribution in [0.25, 0.3) is 0 Å². The quantitative estimate of drug-likeness (QED) is 0.557. The number of hydroxylamine groups is 2. The Morgan fingerprint density at radius 2 is 2.20 bits per heavy atom. The molecule has 1 rings (SSSR count). The summed E-state index contributed by atoms with van der Waals surface area (Å²) >= 11 is 0. The molecule has 2 unspecified atom stereocenters. The van der Waals surface area contributed by atoms with Crippen LogP contribution in [0.4, 0.5) is 0 Å². The van der Waals surface area contributed by atoms with Crippen LogP contribution < -0.4 is 0 Å². The molecule has 0 saturated heterocycles. The second-order valence-corrected chi connectivity index (χ2v) is 3.28. The van der Waals surface area contributed by atoms with E-state index in [2.05, 4.69) is 6.92 Å². The Morgan fingerprint density at radius 3 is 2.70 bits per heavy atom. The topological polar surface area (TPSA) is 23.5 Å². The Morgan fingerprint density at radius 1 is 1.60 bits per heavy atom. The average molecular weight is 141 g/mol. The summed E-state index contributed by atoms with van der Waals surface area (Å²) in [6.07, 6.45) is 2.92. The van der Waals surface area contributed by atoms with E-state index >= 15 is 0 Å². The first-order valence-corrected chi connectivity index (χ1v) is 3.75. The van der Waals surface area contributed by atoms with Crippen molar-refractivity contribution in [1.29, 1.82) is 0 Å². The summed E-state index contributed by atoms with van der Waals surface area (Å²) in [5, 5.41) is 10.6. The van der Waals surface area contributed by atoms with Gasteiger partial charge in [0, 0.05) is 6.20 Å². The van der Waals surface area contributed by atoms with Crippen molar-refractivity contribution in [2.45, 2.75) is 33.2 Å².